The molecular weight excluding hydrogens is 533 g/mol. The second-order valence-corrected chi connectivity index (χ2v) is 9.88. The SMILES string of the molecule is CC(c1cccc(Cn2c(=O)n(Cc3cccc(OC(F)(F)F)c3)c3ccccc32)c1)n1c(=O)[nH]c2ccccc21. The minimum Gasteiger partial charge on any atom is -0.406 e. The first-order valence-electron chi connectivity index (χ1n) is 13.0. The molecule has 1 atom stereocenters. The van der Waals surface area contributed by atoms with E-state index in [0.29, 0.717) is 16.6 Å². The summed E-state index contributed by atoms with van der Waals surface area (Å²) in [4.78, 5) is 29.3. The lowest BCUT2D eigenvalue weighted by molar-refractivity contribution is -0.274. The Bertz CT molecular complexity index is 2000. The number of hydrogen-bond donors (Lipinski definition) is 1. The molecule has 1 unspecified atom stereocenters. The molecule has 2 aromatic heterocycles. The van der Waals surface area contributed by atoms with Crippen LogP contribution in [0.5, 0.6) is 5.75 Å². The quantitative estimate of drug-likeness (QED) is 0.259. The number of nitrogens with one attached hydrogen (secondary N) is 1. The van der Waals surface area contributed by atoms with Gasteiger partial charge >= 0.3 is 17.7 Å². The highest BCUT2D eigenvalue weighted by atomic mass is 19.4. The zero-order valence-corrected chi connectivity index (χ0v) is 21.9. The zero-order valence-electron chi connectivity index (χ0n) is 21.9. The molecule has 6 rings (SSSR count). The molecule has 7 nitrogen and oxygen atoms in total. The summed E-state index contributed by atoms with van der Waals surface area (Å²) in [6.45, 7) is 2.30. The van der Waals surface area contributed by atoms with Gasteiger partial charge in [-0.15, -0.1) is 13.2 Å². The van der Waals surface area contributed by atoms with Gasteiger partial charge in [0.25, 0.3) is 0 Å². The van der Waals surface area contributed by atoms with Gasteiger partial charge in [-0.05, 0) is 60.0 Å². The molecule has 1 N–H and O–H groups in total. The molecule has 0 aliphatic carbocycles. The second kappa shape index (κ2) is 10.2. The Hall–Kier alpha value is -4.99. The Labute approximate surface area is 231 Å². The minimum atomic E-state index is -4.81. The highest BCUT2D eigenvalue weighted by molar-refractivity contribution is 5.76. The van der Waals surface area contributed by atoms with Crippen LogP contribution in [0.2, 0.25) is 0 Å². The van der Waals surface area contributed by atoms with Gasteiger partial charge in [0.1, 0.15) is 5.75 Å². The number of fused-ring (bicyclic) bond motifs is 2. The molecule has 0 aliphatic rings. The van der Waals surface area contributed by atoms with E-state index < -0.39 is 6.36 Å². The summed E-state index contributed by atoms with van der Waals surface area (Å²) in [5.74, 6) is -0.341. The third kappa shape index (κ3) is 5.16. The van der Waals surface area contributed by atoms with Crippen LogP contribution in [0, 0.1) is 0 Å². The number of aromatic amines is 1. The molecule has 0 bridgehead atoms. The molecule has 0 saturated heterocycles. The molecule has 0 amide bonds. The summed E-state index contributed by atoms with van der Waals surface area (Å²) in [6.07, 6.45) is -4.81. The number of ether oxygens (including phenoxy) is 1. The number of imidazole rings is 2. The number of aromatic nitrogens is 4. The predicted molar refractivity (Wildman–Crippen MR) is 150 cm³/mol. The summed E-state index contributed by atoms with van der Waals surface area (Å²) in [7, 11) is 0. The Balaban J connectivity index is 1.34. The van der Waals surface area contributed by atoms with E-state index in [1.165, 1.54) is 18.2 Å². The highest BCUT2D eigenvalue weighted by Crippen LogP contribution is 2.25. The predicted octanol–water partition coefficient (Wildman–Crippen LogP) is 6.05. The van der Waals surface area contributed by atoms with Gasteiger partial charge in [0.2, 0.25) is 0 Å². The Morgan fingerprint density at radius 3 is 2.00 bits per heavy atom. The maximum atomic E-state index is 13.7. The van der Waals surface area contributed by atoms with Crippen molar-refractivity contribution in [2.45, 2.75) is 32.4 Å². The van der Waals surface area contributed by atoms with E-state index >= 15 is 0 Å². The van der Waals surface area contributed by atoms with Gasteiger partial charge in [0.15, 0.2) is 0 Å². The number of nitrogens with zero attached hydrogens (tertiary/aromatic N) is 3. The average Bonchev–Trinajstić information content (AvgIpc) is 3.41. The van der Waals surface area contributed by atoms with Crippen molar-refractivity contribution in [1.29, 1.82) is 0 Å². The van der Waals surface area contributed by atoms with E-state index in [1.807, 2.05) is 79.7 Å². The summed E-state index contributed by atoms with van der Waals surface area (Å²) in [5, 5.41) is 0. The van der Waals surface area contributed by atoms with Crippen LogP contribution >= 0.6 is 0 Å². The summed E-state index contributed by atoms with van der Waals surface area (Å²) in [5.41, 5.74) is 4.71. The van der Waals surface area contributed by atoms with E-state index in [1.54, 1.807) is 19.8 Å². The Morgan fingerprint density at radius 2 is 1.34 bits per heavy atom. The molecule has 208 valence electrons. The van der Waals surface area contributed by atoms with Crippen LogP contribution < -0.4 is 16.1 Å². The summed E-state index contributed by atoms with van der Waals surface area (Å²) in [6, 6.07) is 27.9. The van der Waals surface area contributed by atoms with Crippen molar-refractivity contribution < 1.29 is 17.9 Å². The molecule has 41 heavy (non-hydrogen) atoms. The molecule has 0 saturated carbocycles. The van der Waals surface area contributed by atoms with Crippen LogP contribution in [0.4, 0.5) is 13.2 Å². The van der Waals surface area contributed by atoms with Crippen molar-refractivity contribution in [3.63, 3.8) is 0 Å². The van der Waals surface area contributed by atoms with E-state index in [9.17, 15) is 22.8 Å². The zero-order chi connectivity index (χ0) is 28.7. The lowest BCUT2D eigenvalue weighted by Gasteiger charge is -2.15. The number of para-hydroxylation sites is 4. The highest BCUT2D eigenvalue weighted by Gasteiger charge is 2.31. The van der Waals surface area contributed by atoms with Crippen LogP contribution in [0.25, 0.3) is 22.1 Å². The van der Waals surface area contributed by atoms with Crippen LogP contribution in [0.1, 0.15) is 29.7 Å². The van der Waals surface area contributed by atoms with Gasteiger partial charge in [0.05, 0.1) is 41.2 Å². The fourth-order valence-electron chi connectivity index (χ4n) is 5.34. The van der Waals surface area contributed by atoms with E-state index in [2.05, 4.69) is 9.72 Å². The molecule has 0 fully saturated rings. The number of H-pyrrole nitrogens is 1. The lowest BCUT2D eigenvalue weighted by atomic mass is 10.0. The van der Waals surface area contributed by atoms with Crippen LogP contribution in [0.15, 0.2) is 107 Å². The molecule has 0 aliphatic heterocycles. The molecule has 4 aromatic carbocycles. The number of rotatable bonds is 7. The van der Waals surface area contributed by atoms with Crippen LogP contribution in [0.3, 0.4) is 0 Å². The fraction of sp³-hybridized carbons (Fsp3) is 0.161. The molecule has 10 heteroatoms. The van der Waals surface area contributed by atoms with E-state index in [0.717, 1.165) is 22.2 Å². The van der Waals surface area contributed by atoms with Crippen molar-refractivity contribution in [1.82, 2.24) is 18.7 Å². The van der Waals surface area contributed by atoms with Crippen LogP contribution in [-0.4, -0.2) is 25.0 Å². The van der Waals surface area contributed by atoms with Gasteiger partial charge in [-0.2, -0.15) is 0 Å². The topological polar surface area (TPSA) is 73.9 Å². The van der Waals surface area contributed by atoms with Crippen molar-refractivity contribution in [2.75, 3.05) is 0 Å². The lowest BCUT2D eigenvalue weighted by Crippen LogP contribution is -2.25. The van der Waals surface area contributed by atoms with E-state index in [-0.39, 0.29) is 36.3 Å². The number of benzene rings is 4. The third-order valence-electron chi connectivity index (χ3n) is 7.18. The molecule has 6 aromatic rings. The molecule has 2 heterocycles. The standard InChI is InChI=1S/C31H25F3N4O3/c1-20(38-26-13-3-2-12-25(26)35-29(38)39)23-10-6-8-21(16-23)18-36-27-14-4-5-15-28(27)37(30(36)40)19-22-9-7-11-24(17-22)41-31(32,33)34/h2-17,20H,18-19H2,1H3,(H,35,39). The fourth-order valence-corrected chi connectivity index (χ4v) is 5.34. The van der Waals surface area contributed by atoms with Crippen LogP contribution in [-0.2, 0) is 13.1 Å². The second-order valence-electron chi connectivity index (χ2n) is 9.88. The normalized spacial score (nSPS) is 12.7. The number of halogens is 3. The molecule has 0 radical (unpaired) electrons. The van der Waals surface area contributed by atoms with E-state index in [4.69, 9.17) is 0 Å². The van der Waals surface area contributed by atoms with Crippen molar-refractivity contribution in [3.8, 4) is 5.75 Å². The van der Waals surface area contributed by atoms with Gasteiger partial charge in [-0.3, -0.25) is 13.7 Å². The Morgan fingerprint density at radius 1 is 0.756 bits per heavy atom. The first-order chi connectivity index (χ1) is 19.7. The van der Waals surface area contributed by atoms with Crippen molar-refractivity contribution in [2.24, 2.45) is 0 Å². The first-order valence-corrected chi connectivity index (χ1v) is 13.0. The third-order valence-corrected chi connectivity index (χ3v) is 7.18. The largest absolute Gasteiger partial charge is 0.573 e. The van der Waals surface area contributed by atoms with Gasteiger partial charge < -0.3 is 9.72 Å². The minimum absolute atomic E-state index is 0.0714. The van der Waals surface area contributed by atoms with Crippen molar-refractivity contribution in [3.05, 3.63) is 135 Å². The maximum absolute atomic E-state index is 13.7. The van der Waals surface area contributed by atoms with Gasteiger partial charge in [0, 0.05) is 0 Å². The summed E-state index contributed by atoms with van der Waals surface area (Å²) >= 11 is 0. The monoisotopic (exact) mass is 558 g/mol. The summed E-state index contributed by atoms with van der Waals surface area (Å²) < 4.78 is 47.1. The maximum Gasteiger partial charge on any atom is 0.573 e. The van der Waals surface area contributed by atoms with Gasteiger partial charge in [-0.25, -0.2) is 9.59 Å². The smallest absolute Gasteiger partial charge is 0.406 e. The van der Waals surface area contributed by atoms with Crippen molar-refractivity contribution >= 4 is 22.1 Å². The number of alkyl halides is 3. The first kappa shape index (κ1) is 26.2. The van der Waals surface area contributed by atoms with Gasteiger partial charge in [-0.1, -0.05) is 60.7 Å². The number of hydrogen-bond acceptors (Lipinski definition) is 3. The molecular formula is C31H25F3N4O3. The average molecular weight is 559 g/mol. The molecule has 0 spiro atoms. The Kier molecular flexibility index (Phi) is 6.53.